The van der Waals surface area contributed by atoms with Crippen molar-refractivity contribution in [3.8, 4) is 0 Å². The number of hydrogen-bond donors (Lipinski definition) is 2. The zero-order valence-corrected chi connectivity index (χ0v) is 8.85. The van der Waals surface area contributed by atoms with E-state index in [0.717, 1.165) is 10.5 Å². The number of carboxylic acid groups (broad SMARTS) is 1. The van der Waals surface area contributed by atoms with Crippen LogP contribution in [0.5, 0.6) is 0 Å². The van der Waals surface area contributed by atoms with Gasteiger partial charge in [-0.05, 0) is 18.1 Å². The third kappa shape index (κ3) is 1.53. The molecular formula is C11H13FN2O2. The predicted molar refractivity (Wildman–Crippen MR) is 56.6 cm³/mol. The topological polar surface area (TPSA) is 66.6 Å². The molecule has 16 heavy (non-hydrogen) atoms. The molecule has 0 aromatic heterocycles. The SMILES string of the molecule is CN(C(=O)O)C1c2c(F)cccc2C[C@H]1N. The van der Waals surface area contributed by atoms with Gasteiger partial charge in [0.15, 0.2) is 0 Å². The van der Waals surface area contributed by atoms with Gasteiger partial charge in [0.1, 0.15) is 5.82 Å². The van der Waals surface area contributed by atoms with Gasteiger partial charge in [-0.15, -0.1) is 0 Å². The summed E-state index contributed by atoms with van der Waals surface area (Å²) < 4.78 is 13.7. The fourth-order valence-corrected chi connectivity index (χ4v) is 2.27. The van der Waals surface area contributed by atoms with Gasteiger partial charge in [-0.3, -0.25) is 0 Å². The van der Waals surface area contributed by atoms with Crippen LogP contribution in [0.15, 0.2) is 18.2 Å². The van der Waals surface area contributed by atoms with Crippen LogP contribution in [0.25, 0.3) is 0 Å². The van der Waals surface area contributed by atoms with Crippen molar-refractivity contribution >= 4 is 6.09 Å². The van der Waals surface area contributed by atoms with Crippen molar-refractivity contribution in [3.05, 3.63) is 35.1 Å². The Bertz CT molecular complexity index is 436. The van der Waals surface area contributed by atoms with E-state index in [1.807, 2.05) is 0 Å². The highest BCUT2D eigenvalue weighted by atomic mass is 19.1. The van der Waals surface area contributed by atoms with Crippen LogP contribution >= 0.6 is 0 Å². The maximum atomic E-state index is 13.7. The number of carbonyl (C=O) groups is 1. The summed E-state index contributed by atoms with van der Waals surface area (Å²) in [6, 6.07) is 3.76. The summed E-state index contributed by atoms with van der Waals surface area (Å²) in [6.45, 7) is 0. The van der Waals surface area contributed by atoms with Gasteiger partial charge in [-0.25, -0.2) is 9.18 Å². The molecule has 1 aromatic carbocycles. The van der Waals surface area contributed by atoms with E-state index in [-0.39, 0.29) is 11.9 Å². The first kappa shape index (κ1) is 10.9. The number of benzene rings is 1. The fourth-order valence-electron chi connectivity index (χ4n) is 2.27. The van der Waals surface area contributed by atoms with Crippen LogP contribution in [-0.2, 0) is 6.42 Å². The molecule has 3 N–H and O–H groups in total. The van der Waals surface area contributed by atoms with Crippen LogP contribution in [0.2, 0.25) is 0 Å². The minimum Gasteiger partial charge on any atom is -0.465 e. The summed E-state index contributed by atoms with van der Waals surface area (Å²) in [5.74, 6) is -0.386. The third-order valence-electron chi connectivity index (χ3n) is 3.02. The van der Waals surface area contributed by atoms with Crippen molar-refractivity contribution in [2.24, 2.45) is 5.73 Å². The molecule has 0 saturated carbocycles. The molecule has 4 nitrogen and oxygen atoms in total. The molecule has 1 aromatic rings. The van der Waals surface area contributed by atoms with Crippen LogP contribution in [-0.4, -0.2) is 29.2 Å². The number of halogens is 1. The number of likely N-dealkylation sites (N-methyl/N-ethyl adjacent to an activating group) is 1. The maximum absolute atomic E-state index is 13.7. The van der Waals surface area contributed by atoms with Gasteiger partial charge in [-0.2, -0.15) is 0 Å². The van der Waals surface area contributed by atoms with E-state index < -0.39 is 12.1 Å². The Labute approximate surface area is 92.5 Å². The summed E-state index contributed by atoms with van der Waals surface area (Å²) in [5.41, 5.74) is 7.08. The van der Waals surface area contributed by atoms with Crippen LogP contribution in [0.1, 0.15) is 17.2 Å². The van der Waals surface area contributed by atoms with Gasteiger partial charge in [0.25, 0.3) is 0 Å². The molecular weight excluding hydrogens is 211 g/mol. The Morgan fingerprint density at radius 2 is 2.31 bits per heavy atom. The number of hydrogen-bond acceptors (Lipinski definition) is 2. The molecule has 1 aliphatic carbocycles. The van der Waals surface area contributed by atoms with Crippen molar-refractivity contribution in [2.75, 3.05) is 7.05 Å². The average Bonchev–Trinajstić information content (AvgIpc) is 2.54. The van der Waals surface area contributed by atoms with Gasteiger partial charge in [0, 0.05) is 18.7 Å². The van der Waals surface area contributed by atoms with E-state index in [2.05, 4.69) is 0 Å². The van der Waals surface area contributed by atoms with Crippen molar-refractivity contribution in [1.82, 2.24) is 4.90 Å². The van der Waals surface area contributed by atoms with Crippen molar-refractivity contribution in [3.63, 3.8) is 0 Å². The summed E-state index contributed by atoms with van der Waals surface area (Å²) in [4.78, 5) is 12.0. The summed E-state index contributed by atoms with van der Waals surface area (Å²) >= 11 is 0. The molecule has 0 spiro atoms. The van der Waals surface area contributed by atoms with Crippen molar-refractivity contribution in [1.29, 1.82) is 0 Å². The van der Waals surface area contributed by atoms with Crippen LogP contribution in [0.4, 0.5) is 9.18 Å². The maximum Gasteiger partial charge on any atom is 0.407 e. The molecule has 0 fully saturated rings. The first-order valence-corrected chi connectivity index (χ1v) is 5.01. The molecule has 0 bridgehead atoms. The molecule has 86 valence electrons. The van der Waals surface area contributed by atoms with E-state index in [1.54, 1.807) is 12.1 Å². The Morgan fingerprint density at radius 3 is 2.94 bits per heavy atom. The van der Waals surface area contributed by atoms with E-state index in [4.69, 9.17) is 10.8 Å². The van der Waals surface area contributed by atoms with E-state index in [9.17, 15) is 9.18 Å². The lowest BCUT2D eigenvalue weighted by atomic mass is 10.1. The summed E-state index contributed by atoms with van der Waals surface area (Å²) in [7, 11) is 1.41. The smallest absolute Gasteiger partial charge is 0.407 e. The Balaban J connectivity index is 2.46. The monoisotopic (exact) mass is 224 g/mol. The van der Waals surface area contributed by atoms with Crippen LogP contribution in [0.3, 0.4) is 0 Å². The van der Waals surface area contributed by atoms with Crippen molar-refractivity contribution in [2.45, 2.75) is 18.5 Å². The molecule has 1 aliphatic rings. The zero-order valence-electron chi connectivity index (χ0n) is 8.85. The second-order valence-electron chi connectivity index (χ2n) is 4.02. The van der Waals surface area contributed by atoms with Crippen LogP contribution in [0, 0.1) is 5.82 Å². The lowest BCUT2D eigenvalue weighted by molar-refractivity contribution is 0.133. The lowest BCUT2D eigenvalue weighted by Crippen LogP contribution is -2.39. The lowest BCUT2D eigenvalue weighted by Gasteiger charge is -2.26. The zero-order chi connectivity index (χ0) is 11.9. The van der Waals surface area contributed by atoms with Gasteiger partial charge in [0.05, 0.1) is 6.04 Å². The molecule has 2 atom stereocenters. The standard InChI is InChI=1S/C11H13FN2O2/c1-14(11(15)16)10-8(13)5-6-3-2-4-7(12)9(6)10/h2-4,8,10H,5,13H2,1H3,(H,15,16)/t8-,10?/m1/s1. The highest BCUT2D eigenvalue weighted by molar-refractivity contribution is 5.66. The first-order chi connectivity index (χ1) is 7.52. The van der Waals surface area contributed by atoms with Gasteiger partial charge in [0.2, 0.25) is 0 Å². The molecule has 5 heteroatoms. The van der Waals surface area contributed by atoms with Crippen LogP contribution < -0.4 is 5.73 Å². The first-order valence-electron chi connectivity index (χ1n) is 5.01. The predicted octanol–water partition coefficient (Wildman–Crippen LogP) is 1.36. The fraction of sp³-hybridized carbons (Fsp3) is 0.364. The Kier molecular flexibility index (Phi) is 2.55. The summed E-state index contributed by atoms with van der Waals surface area (Å²) in [6.07, 6.45) is -0.591. The number of fused-ring (bicyclic) bond motifs is 1. The second kappa shape index (κ2) is 3.75. The quantitative estimate of drug-likeness (QED) is 0.756. The van der Waals surface area contributed by atoms with E-state index >= 15 is 0 Å². The molecule has 0 aliphatic heterocycles. The average molecular weight is 224 g/mol. The largest absolute Gasteiger partial charge is 0.465 e. The normalized spacial score (nSPS) is 22.9. The molecule has 0 radical (unpaired) electrons. The minimum absolute atomic E-state index is 0.381. The third-order valence-corrected chi connectivity index (χ3v) is 3.02. The van der Waals surface area contributed by atoms with E-state index in [0.29, 0.717) is 12.0 Å². The van der Waals surface area contributed by atoms with Gasteiger partial charge < -0.3 is 15.7 Å². The second-order valence-corrected chi connectivity index (χ2v) is 4.02. The highest BCUT2D eigenvalue weighted by Crippen LogP contribution is 2.35. The highest BCUT2D eigenvalue weighted by Gasteiger charge is 2.37. The molecule has 0 heterocycles. The number of nitrogens with two attached hydrogens (primary N) is 1. The van der Waals surface area contributed by atoms with Gasteiger partial charge >= 0.3 is 6.09 Å². The molecule has 0 saturated heterocycles. The Morgan fingerprint density at radius 1 is 1.62 bits per heavy atom. The molecule has 2 rings (SSSR count). The van der Waals surface area contributed by atoms with Gasteiger partial charge in [-0.1, -0.05) is 12.1 Å². The molecule has 1 amide bonds. The van der Waals surface area contributed by atoms with Crippen molar-refractivity contribution < 1.29 is 14.3 Å². The Hall–Kier alpha value is -1.62. The number of amides is 1. The number of rotatable bonds is 1. The number of nitrogens with zero attached hydrogens (tertiary/aromatic N) is 1. The molecule has 1 unspecified atom stereocenters. The minimum atomic E-state index is -1.10. The van der Waals surface area contributed by atoms with E-state index in [1.165, 1.54) is 13.1 Å². The summed E-state index contributed by atoms with van der Waals surface area (Å²) in [5, 5.41) is 8.92.